The number of hydrogen-bond acceptors (Lipinski definition) is 1. The Morgan fingerprint density at radius 3 is 1.88 bits per heavy atom. The van der Waals surface area contributed by atoms with Crippen molar-refractivity contribution >= 4 is 5.78 Å². The maximum Gasteiger partial charge on any atom is 0.398 e. The Kier molecular flexibility index (Phi) is 6.05. The van der Waals surface area contributed by atoms with Crippen molar-refractivity contribution in [3.8, 4) is 0 Å². The van der Waals surface area contributed by atoms with Crippen LogP contribution in [0.4, 0.5) is 13.2 Å². The van der Waals surface area contributed by atoms with E-state index in [-0.39, 0.29) is 6.42 Å². The van der Waals surface area contributed by atoms with Gasteiger partial charge in [-0.15, -0.1) is 0 Å². The van der Waals surface area contributed by atoms with Gasteiger partial charge in [0.2, 0.25) is 0 Å². The molecule has 0 aliphatic heterocycles. The van der Waals surface area contributed by atoms with Crippen LogP contribution >= 0.6 is 0 Å². The van der Waals surface area contributed by atoms with Crippen LogP contribution < -0.4 is 0 Å². The van der Waals surface area contributed by atoms with E-state index in [9.17, 15) is 18.0 Å². The molecule has 0 radical (unpaired) electrons. The van der Waals surface area contributed by atoms with Crippen molar-refractivity contribution in [1.29, 1.82) is 0 Å². The van der Waals surface area contributed by atoms with Crippen LogP contribution in [0, 0.1) is 17.8 Å². The van der Waals surface area contributed by atoms with E-state index >= 15 is 0 Å². The zero-order valence-corrected chi connectivity index (χ0v) is 10.4. The van der Waals surface area contributed by atoms with Crippen LogP contribution in [0.5, 0.6) is 0 Å². The van der Waals surface area contributed by atoms with Crippen molar-refractivity contribution in [3.05, 3.63) is 0 Å². The fraction of sp³-hybridized carbons (Fsp3) is 0.917. The molecule has 0 aliphatic carbocycles. The number of alkyl halides is 3. The molecule has 0 aromatic carbocycles. The molecule has 1 unspecified atom stereocenters. The topological polar surface area (TPSA) is 17.1 Å². The monoisotopic (exact) mass is 238 g/mol. The van der Waals surface area contributed by atoms with Crippen molar-refractivity contribution in [2.75, 3.05) is 0 Å². The third kappa shape index (κ3) is 5.52. The first kappa shape index (κ1) is 15.5. The van der Waals surface area contributed by atoms with E-state index in [4.69, 9.17) is 0 Å². The van der Waals surface area contributed by atoms with Gasteiger partial charge in [-0.2, -0.15) is 13.2 Å². The van der Waals surface area contributed by atoms with Crippen LogP contribution in [-0.2, 0) is 4.79 Å². The molecular weight excluding hydrogens is 217 g/mol. The van der Waals surface area contributed by atoms with Gasteiger partial charge in [0.25, 0.3) is 0 Å². The Morgan fingerprint density at radius 2 is 1.56 bits per heavy atom. The summed E-state index contributed by atoms with van der Waals surface area (Å²) in [6.07, 6.45) is -3.27. The molecule has 0 rings (SSSR count). The van der Waals surface area contributed by atoms with Crippen molar-refractivity contribution in [1.82, 2.24) is 0 Å². The molecule has 0 spiro atoms. The van der Waals surface area contributed by atoms with E-state index in [1.165, 1.54) is 13.8 Å². The number of ketones is 1. The van der Waals surface area contributed by atoms with Crippen LogP contribution in [0.2, 0.25) is 0 Å². The number of hydrogen-bond donors (Lipinski definition) is 0. The van der Waals surface area contributed by atoms with Crippen LogP contribution in [-0.4, -0.2) is 12.0 Å². The summed E-state index contributed by atoms with van der Waals surface area (Å²) in [5, 5.41) is 0. The lowest BCUT2D eigenvalue weighted by molar-refractivity contribution is -0.184. The Labute approximate surface area is 95.4 Å². The summed E-state index contributed by atoms with van der Waals surface area (Å²) >= 11 is 0. The summed E-state index contributed by atoms with van der Waals surface area (Å²) in [7, 11) is 0. The normalized spacial score (nSPS) is 14.6. The Hall–Kier alpha value is -0.540. The fourth-order valence-electron chi connectivity index (χ4n) is 1.60. The van der Waals surface area contributed by atoms with E-state index < -0.39 is 23.8 Å². The van der Waals surface area contributed by atoms with Crippen LogP contribution in [0.25, 0.3) is 0 Å². The number of halogens is 3. The van der Waals surface area contributed by atoms with E-state index in [0.29, 0.717) is 12.3 Å². The van der Waals surface area contributed by atoms with Crippen molar-refractivity contribution in [2.24, 2.45) is 17.8 Å². The van der Waals surface area contributed by atoms with Gasteiger partial charge in [0.1, 0.15) is 11.7 Å². The lowest BCUT2D eigenvalue weighted by Crippen LogP contribution is -2.33. The second-order valence-corrected chi connectivity index (χ2v) is 4.98. The minimum Gasteiger partial charge on any atom is -0.299 e. The summed E-state index contributed by atoms with van der Waals surface area (Å²) in [5.41, 5.74) is 0. The van der Waals surface area contributed by atoms with Crippen molar-refractivity contribution < 1.29 is 18.0 Å². The van der Waals surface area contributed by atoms with Crippen LogP contribution in [0.3, 0.4) is 0 Å². The first-order chi connectivity index (χ1) is 7.16. The van der Waals surface area contributed by atoms with Gasteiger partial charge in [0, 0.05) is 5.92 Å². The molecule has 16 heavy (non-hydrogen) atoms. The van der Waals surface area contributed by atoms with Gasteiger partial charge in [-0.1, -0.05) is 40.5 Å². The number of Topliss-reactive ketones (excluding diaryl/α,β-unsaturated/α-hetero) is 1. The highest BCUT2D eigenvalue weighted by Crippen LogP contribution is 2.33. The van der Waals surface area contributed by atoms with Crippen LogP contribution in [0.15, 0.2) is 0 Å². The molecule has 0 N–H and O–H groups in total. The average Bonchev–Trinajstić information content (AvgIpc) is 2.08. The van der Waals surface area contributed by atoms with E-state index in [1.54, 1.807) is 0 Å². The predicted octanol–water partition coefficient (Wildman–Crippen LogP) is 4.22. The van der Waals surface area contributed by atoms with Crippen molar-refractivity contribution in [2.45, 2.75) is 53.1 Å². The quantitative estimate of drug-likeness (QED) is 0.677. The summed E-state index contributed by atoms with van der Waals surface area (Å²) < 4.78 is 37.9. The van der Waals surface area contributed by atoms with Gasteiger partial charge in [-0.25, -0.2) is 0 Å². The molecule has 0 amide bonds. The highest BCUT2D eigenvalue weighted by atomic mass is 19.4. The summed E-state index contributed by atoms with van der Waals surface area (Å²) in [6.45, 7) is 6.97. The minimum atomic E-state index is -4.39. The van der Waals surface area contributed by atoms with Gasteiger partial charge >= 0.3 is 6.18 Å². The largest absolute Gasteiger partial charge is 0.398 e. The molecule has 0 heterocycles. The Balaban J connectivity index is 4.40. The fourth-order valence-corrected chi connectivity index (χ4v) is 1.60. The first-order valence-corrected chi connectivity index (χ1v) is 5.76. The van der Waals surface area contributed by atoms with Gasteiger partial charge in [0.05, 0.1) is 0 Å². The lowest BCUT2D eigenvalue weighted by Gasteiger charge is -2.21. The average molecular weight is 238 g/mol. The molecule has 0 aliphatic rings. The first-order valence-electron chi connectivity index (χ1n) is 5.76. The van der Waals surface area contributed by atoms with E-state index in [0.717, 1.165) is 6.42 Å². The molecule has 0 aromatic heterocycles. The minimum absolute atomic E-state index is 0.0707. The smallest absolute Gasteiger partial charge is 0.299 e. The summed E-state index contributed by atoms with van der Waals surface area (Å²) in [4.78, 5) is 11.4. The number of rotatable bonds is 6. The highest BCUT2D eigenvalue weighted by molar-refractivity contribution is 5.83. The van der Waals surface area contributed by atoms with E-state index in [1.807, 2.05) is 13.8 Å². The van der Waals surface area contributed by atoms with Crippen molar-refractivity contribution in [3.63, 3.8) is 0 Å². The standard InChI is InChI=1S/C12H21F3O/c1-8(2)6-5-7-10(12(13,14)15)11(16)9(3)4/h8-10H,5-7H2,1-4H3. The molecule has 0 saturated carbocycles. The zero-order valence-electron chi connectivity index (χ0n) is 10.4. The van der Waals surface area contributed by atoms with Gasteiger partial charge in [0.15, 0.2) is 0 Å². The number of carbonyl (C=O) groups is 1. The molecule has 0 saturated heterocycles. The zero-order chi connectivity index (χ0) is 12.9. The predicted molar refractivity (Wildman–Crippen MR) is 58.1 cm³/mol. The molecule has 96 valence electrons. The molecule has 1 nitrogen and oxygen atoms in total. The third-order valence-electron chi connectivity index (χ3n) is 2.58. The second kappa shape index (κ2) is 6.26. The Morgan fingerprint density at radius 1 is 1.06 bits per heavy atom. The third-order valence-corrected chi connectivity index (χ3v) is 2.58. The lowest BCUT2D eigenvalue weighted by atomic mass is 9.89. The maximum absolute atomic E-state index is 12.6. The molecule has 0 aromatic rings. The summed E-state index contributed by atoms with van der Waals surface area (Å²) in [5.74, 6) is -2.63. The number of carbonyl (C=O) groups excluding carboxylic acids is 1. The molecule has 0 fully saturated rings. The highest BCUT2D eigenvalue weighted by Gasteiger charge is 2.44. The SMILES string of the molecule is CC(C)CCCC(C(=O)C(C)C)C(F)(F)F. The van der Waals surface area contributed by atoms with Crippen LogP contribution in [0.1, 0.15) is 47.0 Å². The van der Waals surface area contributed by atoms with E-state index in [2.05, 4.69) is 0 Å². The van der Waals surface area contributed by atoms with Gasteiger partial charge in [-0.05, 0) is 12.3 Å². The van der Waals surface area contributed by atoms with Gasteiger partial charge in [-0.3, -0.25) is 4.79 Å². The maximum atomic E-state index is 12.6. The van der Waals surface area contributed by atoms with Gasteiger partial charge < -0.3 is 0 Å². The second-order valence-electron chi connectivity index (χ2n) is 4.98. The Bertz CT molecular complexity index is 219. The summed E-state index contributed by atoms with van der Waals surface area (Å²) in [6, 6.07) is 0. The molecule has 1 atom stereocenters. The molecule has 0 bridgehead atoms. The molecule has 4 heteroatoms. The molecular formula is C12H21F3O.